The van der Waals surface area contributed by atoms with E-state index in [9.17, 15) is 4.79 Å². The molecule has 1 aromatic carbocycles. The van der Waals surface area contributed by atoms with Gasteiger partial charge in [0.1, 0.15) is 11.5 Å². The lowest BCUT2D eigenvalue weighted by atomic mass is 10.0. The number of hydrogen-bond acceptors (Lipinski definition) is 5. The van der Waals surface area contributed by atoms with Gasteiger partial charge in [0.2, 0.25) is 0 Å². The quantitative estimate of drug-likeness (QED) is 0.629. The molecule has 0 unspecified atom stereocenters. The van der Waals surface area contributed by atoms with Crippen LogP contribution in [0.15, 0.2) is 29.3 Å². The van der Waals surface area contributed by atoms with Crippen LogP contribution in [0.3, 0.4) is 0 Å². The Balaban J connectivity index is 2.12. The smallest absolute Gasteiger partial charge is 0.196 e. The molecule has 2 aliphatic rings. The van der Waals surface area contributed by atoms with Crippen LogP contribution in [-0.2, 0) is 6.54 Å². The number of aliphatic imine (C=N–C) groups is 1. The van der Waals surface area contributed by atoms with Crippen molar-refractivity contribution in [3.8, 4) is 11.3 Å². The SMILES string of the molecule is NC1=NCc2nnc3c(c21)C(=O)c1ccccc1-3. The topological polar surface area (TPSA) is 81.2 Å². The molecule has 0 radical (unpaired) electrons. The zero-order valence-corrected chi connectivity index (χ0v) is 9.34. The van der Waals surface area contributed by atoms with Gasteiger partial charge < -0.3 is 5.73 Å². The highest BCUT2D eigenvalue weighted by molar-refractivity contribution is 6.25. The summed E-state index contributed by atoms with van der Waals surface area (Å²) >= 11 is 0. The summed E-state index contributed by atoms with van der Waals surface area (Å²) in [4.78, 5) is 16.5. The summed E-state index contributed by atoms with van der Waals surface area (Å²) in [7, 11) is 0. The maximum absolute atomic E-state index is 12.4. The summed E-state index contributed by atoms with van der Waals surface area (Å²) in [5, 5.41) is 8.28. The van der Waals surface area contributed by atoms with Crippen molar-refractivity contribution in [1.82, 2.24) is 10.2 Å². The van der Waals surface area contributed by atoms with E-state index >= 15 is 0 Å². The minimum atomic E-state index is -0.0354. The Kier molecular flexibility index (Phi) is 1.58. The van der Waals surface area contributed by atoms with E-state index in [1.54, 1.807) is 6.07 Å². The Hall–Kier alpha value is -2.56. The van der Waals surface area contributed by atoms with Crippen LogP contribution in [0.1, 0.15) is 27.2 Å². The first kappa shape index (κ1) is 9.47. The number of aromatic nitrogens is 2. The van der Waals surface area contributed by atoms with E-state index in [0.717, 1.165) is 5.56 Å². The van der Waals surface area contributed by atoms with Crippen LogP contribution >= 0.6 is 0 Å². The third-order valence-electron chi connectivity index (χ3n) is 3.36. The van der Waals surface area contributed by atoms with Crippen LogP contribution in [0.2, 0.25) is 0 Å². The van der Waals surface area contributed by atoms with Crippen LogP contribution in [-0.4, -0.2) is 21.8 Å². The molecule has 0 spiro atoms. The van der Waals surface area contributed by atoms with E-state index in [1.807, 2.05) is 18.2 Å². The molecule has 5 nitrogen and oxygen atoms in total. The molecule has 0 amide bonds. The average Bonchev–Trinajstić information content (AvgIpc) is 2.91. The van der Waals surface area contributed by atoms with Crippen molar-refractivity contribution >= 4 is 11.6 Å². The summed E-state index contributed by atoms with van der Waals surface area (Å²) < 4.78 is 0. The normalized spacial score (nSPS) is 15.1. The van der Waals surface area contributed by atoms with Gasteiger partial charge in [-0.05, 0) is 0 Å². The summed E-state index contributed by atoms with van der Waals surface area (Å²) in [5.41, 5.74) is 9.87. The number of amidine groups is 1. The largest absolute Gasteiger partial charge is 0.383 e. The Morgan fingerprint density at radius 2 is 1.83 bits per heavy atom. The van der Waals surface area contributed by atoms with Crippen molar-refractivity contribution in [3.05, 3.63) is 46.6 Å². The van der Waals surface area contributed by atoms with Gasteiger partial charge in [-0.1, -0.05) is 24.3 Å². The number of rotatable bonds is 0. The van der Waals surface area contributed by atoms with Crippen molar-refractivity contribution in [2.24, 2.45) is 10.7 Å². The Morgan fingerprint density at radius 3 is 2.67 bits per heavy atom. The predicted octanol–water partition coefficient (Wildman–Crippen LogP) is 0.907. The van der Waals surface area contributed by atoms with E-state index in [-0.39, 0.29) is 5.78 Å². The predicted molar refractivity (Wildman–Crippen MR) is 65.3 cm³/mol. The third-order valence-corrected chi connectivity index (χ3v) is 3.36. The molecule has 1 aromatic heterocycles. The number of nitrogens with zero attached hydrogens (tertiary/aromatic N) is 3. The molecular formula is C13H8N4O. The first-order chi connectivity index (χ1) is 8.77. The van der Waals surface area contributed by atoms with Crippen molar-refractivity contribution < 1.29 is 4.79 Å². The second kappa shape index (κ2) is 3.01. The van der Waals surface area contributed by atoms with E-state index in [4.69, 9.17) is 5.73 Å². The molecule has 2 N–H and O–H groups in total. The molecule has 0 atom stereocenters. The van der Waals surface area contributed by atoms with Crippen LogP contribution in [0, 0.1) is 0 Å². The van der Waals surface area contributed by atoms with Crippen LogP contribution in [0.4, 0.5) is 0 Å². The van der Waals surface area contributed by atoms with Crippen LogP contribution in [0.5, 0.6) is 0 Å². The van der Waals surface area contributed by atoms with Crippen molar-refractivity contribution in [3.63, 3.8) is 0 Å². The van der Waals surface area contributed by atoms with Gasteiger partial charge in [-0.25, -0.2) is 0 Å². The van der Waals surface area contributed by atoms with Gasteiger partial charge in [0.05, 0.1) is 23.4 Å². The maximum Gasteiger partial charge on any atom is 0.196 e. The second-order valence-corrected chi connectivity index (χ2v) is 4.32. The molecule has 0 fully saturated rings. The Morgan fingerprint density at radius 1 is 1.06 bits per heavy atom. The molecule has 2 heterocycles. The van der Waals surface area contributed by atoms with E-state index < -0.39 is 0 Å². The van der Waals surface area contributed by atoms with Gasteiger partial charge in [-0.3, -0.25) is 9.79 Å². The number of carbonyl (C=O) groups is 1. The Labute approximate surface area is 102 Å². The molecular weight excluding hydrogens is 228 g/mol. The van der Waals surface area contributed by atoms with Crippen LogP contribution in [0.25, 0.3) is 11.3 Å². The minimum Gasteiger partial charge on any atom is -0.383 e. The molecule has 1 aliphatic heterocycles. The monoisotopic (exact) mass is 236 g/mol. The fourth-order valence-electron chi connectivity index (χ4n) is 2.53. The molecule has 18 heavy (non-hydrogen) atoms. The lowest BCUT2D eigenvalue weighted by molar-refractivity contribution is 0.104. The molecule has 0 saturated heterocycles. The van der Waals surface area contributed by atoms with Crippen molar-refractivity contribution in [2.75, 3.05) is 0 Å². The summed E-state index contributed by atoms with van der Waals surface area (Å²) in [6, 6.07) is 7.40. The summed E-state index contributed by atoms with van der Waals surface area (Å²) in [5.74, 6) is 0.351. The number of nitrogens with two attached hydrogens (primary N) is 1. The van der Waals surface area contributed by atoms with E-state index in [2.05, 4.69) is 15.2 Å². The number of carbonyl (C=O) groups excluding carboxylic acids is 1. The molecule has 2 aromatic rings. The first-order valence-electron chi connectivity index (χ1n) is 5.61. The summed E-state index contributed by atoms with van der Waals surface area (Å²) in [6.07, 6.45) is 0. The zero-order chi connectivity index (χ0) is 12.3. The van der Waals surface area contributed by atoms with Gasteiger partial charge in [0.25, 0.3) is 0 Å². The maximum atomic E-state index is 12.4. The van der Waals surface area contributed by atoms with E-state index in [0.29, 0.717) is 40.5 Å². The Bertz CT molecular complexity index is 749. The van der Waals surface area contributed by atoms with Gasteiger partial charge in [0, 0.05) is 11.1 Å². The number of ketones is 1. The second-order valence-electron chi connectivity index (χ2n) is 4.32. The van der Waals surface area contributed by atoms with E-state index in [1.165, 1.54) is 0 Å². The van der Waals surface area contributed by atoms with Gasteiger partial charge in [-0.2, -0.15) is 5.10 Å². The number of benzene rings is 1. The molecule has 0 bridgehead atoms. The standard InChI is InChI=1S/C13H8N4O/c14-13-9-8(5-15-13)16-17-11-6-3-1-2-4-7(6)12(18)10(9)11/h1-4H,5H2,(H2,14,15). The molecule has 0 saturated carbocycles. The fourth-order valence-corrected chi connectivity index (χ4v) is 2.53. The lowest BCUT2D eigenvalue weighted by Crippen LogP contribution is -2.16. The molecule has 5 heteroatoms. The number of fused-ring (bicyclic) bond motifs is 5. The van der Waals surface area contributed by atoms with Gasteiger partial charge in [-0.15, -0.1) is 5.10 Å². The first-order valence-corrected chi connectivity index (χ1v) is 5.61. The lowest BCUT2D eigenvalue weighted by Gasteiger charge is -2.03. The fraction of sp³-hybridized carbons (Fsp3) is 0.0769. The summed E-state index contributed by atoms with van der Waals surface area (Å²) in [6.45, 7) is 0.408. The average molecular weight is 236 g/mol. The highest BCUT2D eigenvalue weighted by atomic mass is 16.1. The highest BCUT2D eigenvalue weighted by Gasteiger charge is 2.34. The molecule has 1 aliphatic carbocycles. The minimum absolute atomic E-state index is 0.0354. The van der Waals surface area contributed by atoms with Crippen molar-refractivity contribution in [1.29, 1.82) is 0 Å². The third kappa shape index (κ3) is 0.964. The molecule has 86 valence electrons. The van der Waals surface area contributed by atoms with Crippen LogP contribution < -0.4 is 5.73 Å². The zero-order valence-electron chi connectivity index (χ0n) is 9.34. The van der Waals surface area contributed by atoms with Gasteiger partial charge >= 0.3 is 0 Å². The highest BCUT2D eigenvalue weighted by Crippen LogP contribution is 2.37. The van der Waals surface area contributed by atoms with Crippen molar-refractivity contribution in [2.45, 2.75) is 6.54 Å². The van der Waals surface area contributed by atoms with Gasteiger partial charge in [0.15, 0.2) is 5.78 Å². The molecule has 4 rings (SSSR count). The number of hydrogen-bond donors (Lipinski definition) is 1.